The van der Waals surface area contributed by atoms with Crippen molar-refractivity contribution >= 4 is 35.0 Å². The molecule has 0 bridgehead atoms. The van der Waals surface area contributed by atoms with Gasteiger partial charge in [0.2, 0.25) is 11.8 Å². The summed E-state index contributed by atoms with van der Waals surface area (Å²) in [6.07, 6.45) is 2.18. The molecule has 0 N–H and O–H groups in total. The van der Waals surface area contributed by atoms with Gasteiger partial charge in [-0.2, -0.15) is 0 Å². The zero-order chi connectivity index (χ0) is 29.3. The van der Waals surface area contributed by atoms with Crippen molar-refractivity contribution in [2.45, 2.75) is 40.0 Å². The molecule has 220 valence electrons. The number of hydrogen-bond acceptors (Lipinski definition) is 4. The Morgan fingerprint density at radius 3 is 2.22 bits per heavy atom. The smallest absolute Gasteiger partial charge is 0.254 e. The van der Waals surface area contributed by atoms with Crippen LogP contribution in [0.5, 0.6) is 0 Å². The first kappa shape index (κ1) is 29.5. The first-order chi connectivity index (χ1) is 19.6. The molecule has 0 aliphatic carbocycles. The van der Waals surface area contributed by atoms with E-state index in [1.165, 1.54) is 12.1 Å². The van der Waals surface area contributed by atoms with Gasteiger partial charge in [-0.05, 0) is 86.9 Å². The Kier molecular flexibility index (Phi) is 9.00. The summed E-state index contributed by atoms with van der Waals surface area (Å²) in [5.74, 6) is 0.413. The van der Waals surface area contributed by atoms with Gasteiger partial charge < -0.3 is 19.6 Å². The minimum absolute atomic E-state index is 0.0602. The summed E-state index contributed by atoms with van der Waals surface area (Å²) < 4.78 is 13.8. The van der Waals surface area contributed by atoms with Crippen LogP contribution < -0.4 is 4.90 Å². The molecule has 2 aromatic carbocycles. The molecule has 0 aromatic heterocycles. The molecule has 3 amide bonds. The average molecular weight is 583 g/mol. The molecule has 2 aromatic rings. The normalized spacial score (nSPS) is 21.3. The summed E-state index contributed by atoms with van der Waals surface area (Å²) in [7, 11) is 0. The summed E-state index contributed by atoms with van der Waals surface area (Å²) >= 11 is 6.45. The van der Waals surface area contributed by atoms with Gasteiger partial charge in [0.05, 0.1) is 0 Å². The fourth-order valence-corrected chi connectivity index (χ4v) is 6.84. The topological polar surface area (TPSA) is 64.2 Å². The number of hydrogen-bond donors (Lipinski definition) is 0. The highest BCUT2D eigenvalue weighted by Gasteiger charge is 2.41. The monoisotopic (exact) mass is 582 g/mol. The number of amides is 3. The van der Waals surface area contributed by atoms with Crippen LogP contribution in [0.2, 0.25) is 5.02 Å². The highest BCUT2D eigenvalue weighted by Crippen LogP contribution is 2.33. The number of fused-ring (bicyclic) bond motifs is 1. The summed E-state index contributed by atoms with van der Waals surface area (Å²) in [6.45, 7) is 11.3. The Bertz CT molecular complexity index is 1300. The van der Waals surface area contributed by atoms with Gasteiger partial charge in [-0.3, -0.25) is 14.4 Å². The SMILES string of the molecule is CC(=O)N1CCC(C(=O)N(CCCN2CC3CN(C(=O)c4cc(F)ccc4C)CC3C2)c2ccc(C)c(Cl)c2)CC1. The van der Waals surface area contributed by atoms with Gasteiger partial charge in [-0.25, -0.2) is 4.39 Å². The summed E-state index contributed by atoms with van der Waals surface area (Å²) in [6, 6.07) is 10.2. The van der Waals surface area contributed by atoms with Crippen molar-refractivity contribution in [1.82, 2.24) is 14.7 Å². The molecule has 3 heterocycles. The van der Waals surface area contributed by atoms with Gasteiger partial charge in [0.15, 0.2) is 0 Å². The van der Waals surface area contributed by atoms with Gasteiger partial charge in [0, 0.05) is 74.9 Å². The van der Waals surface area contributed by atoms with E-state index in [1.807, 2.05) is 46.7 Å². The van der Waals surface area contributed by atoms with E-state index >= 15 is 0 Å². The molecule has 9 heteroatoms. The Morgan fingerprint density at radius 2 is 1.59 bits per heavy atom. The number of halogens is 2. The number of nitrogens with zero attached hydrogens (tertiary/aromatic N) is 4. The third-order valence-electron chi connectivity index (χ3n) is 9.16. The molecule has 5 rings (SSSR count). The van der Waals surface area contributed by atoms with E-state index in [2.05, 4.69) is 4.90 Å². The molecule has 0 radical (unpaired) electrons. The Hall–Kier alpha value is -2.97. The van der Waals surface area contributed by atoms with Crippen LogP contribution in [0.25, 0.3) is 0 Å². The molecule has 41 heavy (non-hydrogen) atoms. The second-order valence-electron chi connectivity index (χ2n) is 12.0. The highest BCUT2D eigenvalue weighted by molar-refractivity contribution is 6.31. The van der Waals surface area contributed by atoms with E-state index in [-0.39, 0.29) is 29.5 Å². The molecule has 3 saturated heterocycles. The molecule has 0 spiro atoms. The molecular weight excluding hydrogens is 543 g/mol. The summed E-state index contributed by atoms with van der Waals surface area (Å²) in [4.78, 5) is 46.6. The maximum atomic E-state index is 13.8. The van der Waals surface area contributed by atoms with Crippen LogP contribution in [0, 0.1) is 37.4 Å². The first-order valence-electron chi connectivity index (χ1n) is 14.7. The number of rotatable bonds is 7. The minimum atomic E-state index is -0.383. The van der Waals surface area contributed by atoms with Crippen LogP contribution in [0.1, 0.15) is 47.7 Å². The van der Waals surface area contributed by atoms with E-state index in [1.54, 1.807) is 13.0 Å². The molecular formula is C32H40ClFN4O3. The van der Waals surface area contributed by atoms with E-state index < -0.39 is 0 Å². The average Bonchev–Trinajstić information content (AvgIpc) is 3.52. The zero-order valence-corrected chi connectivity index (χ0v) is 25.0. The fourth-order valence-electron chi connectivity index (χ4n) is 6.66. The van der Waals surface area contributed by atoms with Crippen LogP contribution in [0.3, 0.4) is 0 Å². The van der Waals surface area contributed by atoms with Crippen LogP contribution in [-0.4, -0.2) is 84.8 Å². The Morgan fingerprint density at radius 1 is 0.927 bits per heavy atom. The van der Waals surface area contributed by atoms with E-state index in [0.717, 1.165) is 42.9 Å². The Labute approximate surface area is 247 Å². The van der Waals surface area contributed by atoms with Gasteiger partial charge in [0.25, 0.3) is 5.91 Å². The second-order valence-corrected chi connectivity index (χ2v) is 12.4. The van der Waals surface area contributed by atoms with Crippen LogP contribution in [0.4, 0.5) is 10.1 Å². The lowest BCUT2D eigenvalue weighted by atomic mass is 9.94. The molecule has 0 saturated carbocycles. The molecule has 3 fully saturated rings. The lowest BCUT2D eigenvalue weighted by Crippen LogP contribution is -2.44. The van der Waals surface area contributed by atoms with Gasteiger partial charge in [0.1, 0.15) is 5.82 Å². The standard InChI is InChI=1S/C32H40ClFN4O3/c1-21-5-7-27(34)15-29(21)32(41)37-19-25-17-35(18-26(25)20-37)11-4-12-38(28-8-6-22(2)30(33)16-28)31(40)24-9-13-36(14-10-24)23(3)39/h5-8,15-16,24-26H,4,9-14,17-20H2,1-3H3. The molecule has 2 atom stereocenters. The number of likely N-dealkylation sites (tertiary alicyclic amines) is 3. The van der Waals surface area contributed by atoms with Crippen molar-refractivity contribution in [3.8, 4) is 0 Å². The molecule has 3 aliphatic heterocycles. The van der Waals surface area contributed by atoms with Gasteiger partial charge in [-0.1, -0.05) is 23.7 Å². The zero-order valence-electron chi connectivity index (χ0n) is 24.2. The molecule has 7 nitrogen and oxygen atoms in total. The molecule has 3 aliphatic rings. The largest absolute Gasteiger partial charge is 0.343 e. The van der Waals surface area contributed by atoms with Crippen LogP contribution in [0.15, 0.2) is 36.4 Å². The van der Waals surface area contributed by atoms with Crippen molar-refractivity contribution in [1.29, 1.82) is 0 Å². The maximum absolute atomic E-state index is 13.8. The van der Waals surface area contributed by atoms with E-state index in [9.17, 15) is 18.8 Å². The number of anilines is 1. The predicted molar refractivity (Wildman–Crippen MR) is 159 cm³/mol. The van der Waals surface area contributed by atoms with Crippen molar-refractivity contribution in [3.63, 3.8) is 0 Å². The first-order valence-corrected chi connectivity index (χ1v) is 15.1. The summed E-state index contributed by atoms with van der Waals surface area (Å²) in [5, 5.41) is 0.645. The van der Waals surface area contributed by atoms with Gasteiger partial charge >= 0.3 is 0 Å². The number of piperidine rings is 1. The summed E-state index contributed by atoms with van der Waals surface area (Å²) in [5.41, 5.74) is 3.05. The van der Waals surface area contributed by atoms with Crippen LogP contribution >= 0.6 is 11.6 Å². The lowest BCUT2D eigenvalue weighted by molar-refractivity contribution is -0.133. The van der Waals surface area contributed by atoms with Gasteiger partial charge in [-0.15, -0.1) is 0 Å². The van der Waals surface area contributed by atoms with Crippen molar-refractivity contribution in [2.75, 3.05) is 57.3 Å². The highest BCUT2D eigenvalue weighted by atomic mass is 35.5. The Balaban J connectivity index is 1.17. The van der Waals surface area contributed by atoms with E-state index in [0.29, 0.717) is 68.0 Å². The lowest BCUT2D eigenvalue weighted by Gasteiger charge is -2.34. The fraction of sp³-hybridized carbons (Fsp3) is 0.531. The van der Waals surface area contributed by atoms with Crippen molar-refractivity contribution in [2.24, 2.45) is 17.8 Å². The van der Waals surface area contributed by atoms with Crippen LogP contribution in [-0.2, 0) is 9.59 Å². The third kappa shape index (κ3) is 6.59. The van der Waals surface area contributed by atoms with Crippen molar-refractivity contribution in [3.05, 3.63) is 63.9 Å². The number of carbonyl (C=O) groups excluding carboxylic acids is 3. The predicted octanol–water partition coefficient (Wildman–Crippen LogP) is 4.78. The maximum Gasteiger partial charge on any atom is 0.254 e. The number of aryl methyl sites for hydroxylation is 2. The number of benzene rings is 2. The quantitative estimate of drug-likeness (QED) is 0.471. The third-order valence-corrected chi connectivity index (χ3v) is 9.57. The number of carbonyl (C=O) groups is 3. The van der Waals surface area contributed by atoms with Crippen molar-refractivity contribution < 1.29 is 18.8 Å². The second kappa shape index (κ2) is 12.5. The minimum Gasteiger partial charge on any atom is -0.343 e. The van der Waals surface area contributed by atoms with E-state index in [4.69, 9.17) is 11.6 Å². The molecule has 2 unspecified atom stereocenters.